The van der Waals surface area contributed by atoms with Gasteiger partial charge in [-0.3, -0.25) is 19.4 Å². The van der Waals surface area contributed by atoms with Gasteiger partial charge in [-0.25, -0.2) is 0 Å². The predicted octanol–water partition coefficient (Wildman–Crippen LogP) is 4.06. The van der Waals surface area contributed by atoms with Crippen molar-refractivity contribution in [3.05, 3.63) is 59.7 Å². The van der Waals surface area contributed by atoms with E-state index in [0.717, 1.165) is 38.5 Å². The Balaban J connectivity index is 1.19. The number of carbonyl (C=O) groups excluding carboxylic acids is 2. The lowest BCUT2D eigenvalue weighted by Gasteiger charge is -2.36. The van der Waals surface area contributed by atoms with Crippen LogP contribution in [0, 0.1) is 0 Å². The van der Waals surface area contributed by atoms with Crippen molar-refractivity contribution in [2.45, 2.75) is 25.4 Å². The molecule has 2 heterocycles. The SMILES string of the molecule is O=C1COc2ccccc2C(=O)N1CCCCCN1CCN(c2cccc(C(F)(F)F)c2)CC1. The predicted molar refractivity (Wildman–Crippen MR) is 122 cm³/mol. The lowest BCUT2D eigenvalue weighted by Crippen LogP contribution is -2.46. The topological polar surface area (TPSA) is 53.1 Å². The van der Waals surface area contributed by atoms with Crippen LogP contribution in [0.15, 0.2) is 48.5 Å². The molecule has 4 rings (SSSR count). The number of ether oxygens (including phenoxy) is 1. The second-order valence-electron chi connectivity index (χ2n) is 8.57. The van der Waals surface area contributed by atoms with E-state index in [4.69, 9.17) is 4.74 Å². The van der Waals surface area contributed by atoms with Crippen LogP contribution < -0.4 is 9.64 Å². The molecule has 2 aromatic carbocycles. The molecule has 2 amide bonds. The van der Waals surface area contributed by atoms with Gasteiger partial charge in [0.05, 0.1) is 11.1 Å². The van der Waals surface area contributed by atoms with Crippen LogP contribution >= 0.6 is 0 Å². The van der Waals surface area contributed by atoms with Crippen molar-refractivity contribution in [1.29, 1.82) is 0 Å². The van der Waals surface area contributed by atoms with Gasteiger partial charge in [0, 0.05) is 38.4 Å². The maximum Gasteiger partial charge on any atom is 0.416 e. The van der Waals surface area contributed by atoms with Crippen LogP contribution in [0.2, 0.25) is 0 Å². The van der Waals surface area contributed by atoms with E-state index in [2.05, 4.69) is 4.90 Å². The zero-order valence-corrected chi connectivity index (χ0v) is 18.9. The molecule has 9 heteroatoms. The summed E-state index contributed by atoms with van der Waals surface area (Å²) in [5.74, 6) is -0.205. The van der Waals surface area contributed by atoms with Crippen molar-refractivity contribution < 1.29 is 27.5 Å². The Labute approximate surface area is 196 Å². The van der Waals surface area contributed by atoms with Crippen molar-refractivity contribution in [2.75, 3.05) is 50.8 Å². The molecular formula is C25H28F3N3O3. The number of unbranched alkanes of at least 4 members (excludes halogenated alkanes) is 2. The molecule has 1 fully saturated rings. The van der Waals surface area contributed by atoms with E-state index in [1.54, 1.807) is 30.3 Å². The van der Waals surface area contributed by atoms with Crippen molar-refractivity contribution in [3.63, 3.8) is 0 Å². The van der Waals surface area contributed by atoms with E-state index in [1.807, 2.05) is 4.90 Å². The second kappa shape index (κ2) is 10.5. The Hall–Kier alpha value is -3.07. The Kier molecular flexibility index (Phi) is 7.41. The second-order valence-corrected chi connectivity index (χ2v) is 8.57. The van der Waals surface area contributed by atoms with Crippen LogP contribution in [0.3, 0.4) is 0 Å². The Morgan fingerprint density at radius 2 is 1.59 bits per heavy atom. The number of piperazine rings is 1. The van der Waals surface area contributed by atoms with Crippen LogP contribution in [0.1, 0.15) is 35.2 Å². The number of halogens is 3. The molecule has 0 bridgehead atoms. The van der Waals surface area contributed by atoms with Crippen LogP contribution in [0.5, 0.6) is 5.75 Å². The van der Waals surface area contributed by atoms with Crippen LogP contribution in [-0.4, -0.2) is 67.5 Å². The van der Waals surface area contributed by atoms with Gasteiger partial charge in [0.25, 0.3) is 11.8 Å². The first-order chi connectivity index (χ1) is 16.3. The summed E-state index contributed by atoms with van der Waals surface area (Å²) >= 11 is 0. The van der Waals surface area contributed by atoms with E-state index in [9.17, 15) is 22.8 Å². The fourth-order valence-corrected chi connectivity index (χ4v) is 4.36. The minimum absolute atomic E-state index is 0.140. The number of rotatable bonds is 7. The highest BCUT2D eigenvalue weighted by molar-refractivity contribution is 6.07. The lowest BCUT2D eigenvalue weighted by molar-refractivity contribution is -0.137. The molecule has 0 aliphatic carbocycles. The van der Waals surface area contributed by atoms with E-state index < -0.39 is 11.7 Å². The van der Waals surface area contributed by atoms with Gasteiger partial charge in [0.2, 0.25) is 0 Å². The number of benzene rings is 2. The highest BCUT2D eigenvalue weighted by Gasteiger charge is 2.31. The van der Waals surface area contributed by atoms with E-state index >= 15 is 0 Å². The lowest BCUT2D eigenvalue weighted by atomic mass is 10.1. The van der Waals surface area contributed by atoms with Gasteiger partial charge >= 0.3 is 6.18 Å². The molecular weight excluding hydrogens is 447 g/mol. The number of amides is 2. The molecule has 0 atom stereocenters. The quantitative estimate of drug-likeness (QED) is 0.447. The maximum atomic E-state index is 13.0. The summed E-state index contributed by atoms with van der Waals surface area (Å²) < 4.78 is 44.4. The van der Waals surface area contributed by atoms with Gasteiger partial charge < -0.3 is 9.64 Å². The van der Waals surface area contributed by atoms with E-state index in [-0.39, 0.29) is 18.4 Å². The van der Waals surface area contributed by atoms with Crippen molar-refractivity contribution in [2.24, 2.45) is 0 Å². The van der Waals surface area contributed by atoms with Gasteiger partial charge in [-0.05, 0) is 49.7 Å². The van der Waals surface area contributed by atoms with E-state index in [1.165, 1.54) is 17.0 Å². The number of carbonyl (C=O) groups is 2. The summed E-state index contributed by atoms with van der Waals surface area (Å²) in [5, 5.41) is 0. The number of alkyl halides is 3. The average Bonchev–Trinajstić information content (AvgIpc) is 2.95. The molecule has 2 aliphatic rings. The molecule has 2 aromatic rings. The third-order valence-electron chi connectivity index (χ3n) is 6.28. The fraction of sp³-hybridized carbons (Fsp3) is 0.440. The zero-order valence-electron chi connectivity index (χ0n) is 18.9. The van der Waals surface area contributed by atoms with Crippen LogP contribution in [0.25, 0.3) is 0 Å². The standard InChI is InChI=1S/C25H28F3N3O3/c26-25(27,28)19-7-6-8-20(17-19)30-15-13-29(14-16-30)11-4-1-5-12-31-23(32)18-34-22-10-3-2-9-21(22)24(31)33/h2-3,6-10,17H,1,4-5,11-16,18H2. The number of hydrogen-bond acceptors (Lipinski definition) is 5. The average molecular weight is 476 g/mol. The Bertz CT molecular complexity index is 1020. The van der Waals surface area contributed by atoms with Gasteiger partial charge in [0.1, 0.15) is 5.75 Å². The monoisotopic (exact) mass is 475 g/mol. The number of fused-ring (bicyclic) bond motifs is 1. The van der Waals surface area contributed by atoms with Gasteiger partial charge in [-0.1, -0.05) is 24.6 Å². The number of hydrogen-bond donors (Lipinski definition) is 0. The zero-order chi connectivity index (χ0) is 24.1. The molecule has 182 valence electrons. The van der Waals surface area contributed by atoms with Crippen LogP contribution in [0.4, 0.5) is 18.9 Å². The van der Waals surface area contributed by atoms with Crippen molar-refractivity contribution in [1.82, 2.24) is 9.80 Å². The van der Waals surface area contributed by atoms with Gasteiger partial charge in [-0.15, -0.1) is 0 Å². The smallest absolute Gasteiger partial charge is 0.416 e. The first kappa shape index (κ1) is 24.1. The molecule has 0 spiro atoms. The minimum Gasteiger partial charge on any atom is -0.483 e. The first-order valence-corrected chi connectivity index (χ1v) is 11.5. The molecule has 2 aliphatic heterocycles. The molecule has 0 N–H and O–H groups in total. The summed E-state index contributed by atoms with van der Waals surface area (Å²) in [7, 11) is 0. The summed E-state index contributed by atoms with van der Waals surface area (Å²) in [6.07, 6.45) is -1.83. The van der Waals surface area contributed by atoms with Gasteiger partial charge in [-0.2, -0.15) is 13.2 Å². The summed E-state index contributed by atoms with van der Waals surface area (Å²) in [5.41, 5.74) is 0.391. The molecule has 0 radical (unpaired) electrons. The molecule has 34 heavy (non-hydrogen) atoms. The Morgan fingerprint density at radius 3 is 2.35 bits per heavy atom. The number of anilines is 1. The van der Waals surface area contributed by atoms with E-state index in [0.29, 0.717) is 43.1 Å². The normalized spacial score (nSPS) is 17.4. The minimum atomic E-state index is -4.34. The fourth-order valence-electron chi connectivity index (χ4n) is 4.36. The van der Waals surface area contributed by atoms with Gasteiger partial charge in [0.15, 0.2) is 6.61 Å². The molecule has 0 unspecified atom stereocenters. The molecule has 0 aromatic heterocycles. The highest BCUT2D eigenvalue weighted by atomic mass is 19.4. The number of nitrogens with zero attached hydrogens (tertiary/aromatic N) is 3. The number of imide groups is 1. The molecule has 1 saturated heterocycles. The third kappa shape index (κ3) is 5.70. The summed E-state index contributed by atoms with van der Waals surface area (Å²) in [6.45, 7) is 4.03. The number of para-hydroxylation sites is 1. The van der Waals surface area contributed by atoms with Crippen molar-refractivity contribution in [3.8, 4) is 5.75 Å². The summed E-state index contributed by atoms with van der Waals surface area (Å²) in [6, 6.07) is 12.4. The summed E-state index contributed by atoms with van der Waals surface area (Å²) in [4.78, 5) is 30.6. The third-order valence-corrected chi connectivity index (χ3v) is 6.28. The molecule has 6 nitrogen and oxygen atoms in total. The Morgan fingerprint density at radius 1 is 0.853 bits per heavy atom. The molecule has 0 saturated carbocycles. The van der Waals surface area contributed by atoms with Crippen LogP contribution in [-0.2, 0) is 11.0 Å². The first-order valence-electron chi connectivity index (χ1n) is 11.5. The largest absolute Gasteiger partial charge is 0.483 e. The van der Waals surface area contributed by atoms with Crippen molar-refractivity contribution >= 4 is 17.5 Å². The maximum absolute atomic E-state index is 13.0. The highest BCUT2D eigenvalue weighted by Crippen LogP contribution is 2.32.